The zero-order valence-corrected chi connectivity index (χ0v) is 10.3. The maximum Gasteiger partial charge on any atom is 0.160 e. The lowest BCUT2D eigenvalue weighted by Crippen LogP contribution is -2.24. The molecule has 0 unspecified atom stereocenters. The van der Waals surface area contributed by atoms with Crippen LogP contribution in [0.25, 0.3) is 5.65 Å². The quantitative estimate of drug-likeness (QED) is 0.684. The molecule has 5 heteroatoms. The molecule has 0 atom stereocenters. The topological polar surface area (TPSA) is 56.0 Å². The van der Waals surface area contributed by atoms with E-state index in [1.807, 2.05) is 40.9 Å². The molecule has 0 bridgehead atoms. The molecule has 90 valence electrons. The van der Waals surface area contributed by atoms with Crippen molar-refractivity contribution in [1.82, 2.24) is 24.8 Å². The highest BCUT2D eigenvalue weighted by molar-refractivity contribution is 5.40. The Morgan fingerprint density at radius 2 is 1.89 bits per heavy atom. The number of hydrogen-bond acceptors (Lipinski definition) is 4. The molecular formula is C13H13N5. The Labute approximate surface area is 105 Å². The van der Waals surface area contributed by atoms with Gasteiger partial charge in [0, 0.05) is 12.4 Å². The average molecular weight is 239 g/mol. The number of nitrogens with zero attached hydrogens (tertiary/aromatic N) is 5. The lowest BCUT2D eigenvalue weighted by Gasteiger charge is -2.21. The zero-order chi connectivity index (χ0) is 12.6. The summed E-state index contributed by atoms with van der Waals surface area (Å²) in [6, 6.07) is 9.68. The van der Waals surface area contributed by atoms with Gasteiger partial charge in [-0.2, -0.15) is 10.2 Å². The van der Waals surface area contributed by atoms with E-state index in [0.717, 1.165) is 17.2 Å². The molecule has 0 aliphatic rings. The Morgan fingerprint density at radius 1 is 1.00 bits per heavy atom. The number of rotatable bonds is 2. The molecule has 18 heavy (non-hydrogen) atoms. The van der Waals surface area contributed by atoms with Crippen LogP contribution in [0.1, 0.15) is 25.4 Å². The fraction of sp³-hybridized carbons (Fsp3) is 0.231. The van der Waals surface area contributed by atoms with Crippen molar-refractivity contribution in [1.29, 1.82) is 0 Å². The van der Waals surface area contributed by atoms with Gasteiger partial charge < -0.3 is 0 Å². The first-order valence-corrected chi connectivity index (χ1v) is 5.78. The van der Waals surface area contributed by atoms with Crippen LogP contribution >= 0.6 is 0 Å². The highest BCUT2D eigenvalue weighted by Gasteiger charge is 2.30. The van der Waals surface area contributed by atoms with Crippen molar-refractivity contribution in [2.75, 3.05) is 0 Å². The minimum Gasteiger partial charge on any atom is -0.286 e. The normalized spacial score (nSPS) is 11.9. The fourth-order valence-corrected chi connectivity index (χ4v) is 2.02. The molecule has 0 saturated heterocycles. The van der Waals surface area contributed by atoms with Gasteiger partial charge in [0.2, 0.25) is 0 Å². The monoisotopic (exact) mass is 239 g/mol. The molecule has 3 rings (SSSR count). The molecule has 0 aliphatic carbocycles. The summed E-state index contributed by atoms with van der Waals surface area (Å²) in [5.41, 5.74) is 1.38. The Morgan fingerprint density at radius 3 is 2.67 bits per heavy atom. The van der Waals surface area contributed by atoms with Crippen LogP contribution in [0.2, 0.25) is 0 Å². The van der Waals surface area contributed by atoms with Crippen molar-refractivity contribution < 1.29 is 0 Å². The largest absolute Gasteiger partial charge is 0.286 e. The van der Waals surface area contributed by atoms with Crippen molar-refractivity contribution in [3.05, 3.63) is 54.2 Å². The van der Waals surface area contributed by atoms with Crippen LogP contribution in [0.5, 0.6) is 0 Å². The first kappa shape index (κ1) is 10.8. The van der Waals surface area contributed by atoms with Crippen molar-refractivity contribution >= 4 is 5.65 Å². The van der Waals surface area contributed by atoms with Gasteiger partial charge in [-0.15, -0.1) is 10.2 Å². The third-order valence-corrected chi connectivity index (χ3v) is 3.09. The molecule has 0 spiro atoms. The average Bonchev–Trinajstić information content (AvgIpc) is 2.84. The van der Waals surface area contributed by atoms with Crippen molar-refractivity contribution in [3.63, 3.8) is 0 Å². The van der Waals surface area contributed by atoms with Gasteiger partial charge in [-0.3, -0.25) is 4.40 Å². The summed E-state index contributed by atoms with van der Waals surface area (Å²) in [5, 5.41) is 16.6. The standard InChI is InChI=1S/C13H13N5/c1-13(2,10-6-5-8-14-15-10)12-17-16-11-7-3-4-9-18(11)12/h3-9H,1-2H3. The molecule has 0 saturated carbocycles. The fourth-order valence-electron chi connectivity index (χ4n) is 2.02. The summed E-state index contributed by atoms with van der Waals surface area (Å²) in [7, 11) is 0. The van der Waals surface area contributed by atoms with E-state index in [2.05, 4.69) is 34.2 Å². The molecule has 0 radical (unpaired) electrons. The predicted molar refractivity (Wildman–Crippen MR) is 67.1 cm³/mol. The van der Waals surface area contributed by atoms with Gasteiger partial charge in [-0.05, 0) is 38.1 Å². The number of aromatic nitrogens is 5. The summed E-state index contributed by atoms with van der Waals surface area (Å²) in [6.07, 6.45) is 3.63. The molecule has 0 amide bonds. The molecular weight excluding hydrogens is 226 g/mol. The van der Waals surface area contributed by atoms with Crippen LogP contribution < -0.4 is 0 Å². The van der Waals surface area contributed by atoms with Crippen LogP contribution in [-0.2, 0) is 5.41 Å². The summed E-state index contributed by atoms with van der Waals surface area (Å²) in [5.74, 6) is 0.860. The summed E-state index contributed by atoms with van der Waals surface area (Å²) in [6.45, 7) is 4.14. The van der Waals surface area contributed by atoms with Crippen LogP contribution in [-0.4, -0.2) is 24.8 Å². The van der Waals surface area contributed by atoms with E-state index in [0.29, 0.717) is 0 Å². The smallest absolute Gasteiger partial charge is 0.160 e. The van der Waals surface area contributed by atoms with Crippen LogP contribution in [0.3, 0.4) is 0 Å². The lowest BCUT2D eigenvalue weighted by atomic mass is 9.88. The van der Waals surface area contributed by atoms with E-state index >= 15 is 0 Å². The molecule has 0 fully saturated rings. The number of hydrogen-bond donors (Lipinski definition) is 0. The summed E-state index contributed by atoms with van der Waals surface area (Å²) >= 11 is 0. The van der Waals surface area contributed by atoms with Gasteiger partial charge in [0.05, 0.1) is 11.1 Å². The first-order valence-electron chi connectivity index (χ1n) is 5.78. The van der Waals surface area contributed by atoms with E-state index in [1.54, 1.807) is 6.20 Å². The minimum absolute atomic E-state index is 0.338. The lowest BCUT2D eigenvalue weighted by molar-refractivity contribution is 0.555. The first-order chi connectivity index (χ1) is 8.69. The van der Waals surface area contributed by atoms with E-state index in [9.17, 15) is 0 Å². The molecule has 3 aromatic rings. The van der Waals surface area contributed by atoms with E-state index in [4.69, 9.17) is 0 Å². The van der Waals surface area contributed by atoms with Crippen molar-refractivity contribution in [2.24, 2.45) is 0 Å². The summed E-state index contributed by atoms with van der Waals surface area (Å²) in [4.78, 5) is 0. The molecule has 0 aliphatic heterocycles. The third kappa shape index (κ3) is 1.55. The number of pyridine rings is 1. The second-order valence-electron chi connectivity index (χ2n) is 4.69. The molecule has 5 nitrogen and oxygen atoms in total. The predicted octanol–water partition coefficient (Wildman–Crippen LogP) is 1.85. The Bertz CT molecular complexity index is 672. The Balaban J connectivity index is 2.20. The van der Waals surface area contributed by atoms with Crippen molar-refractivity contribution in [2.45, 2.75) is 19.3 Å². The zero-order valence-electron chi connectivity index (χ0n) is 10.3. The molecule has 0 aromatic carbocycles. The second kappa shape index (κ2) is 3.87. The third-order valence-electron chi connectivity index (χ3n) is 3.09. The van der Waals surface area contributed by atoms with Gasteiger partial charge in [0.1, 0.15) is 5.82 Å². The van der Waals surface area contributed by atoms with Crippen LogP contribution in [0, 0.1) is 0 Å². The van der Waals surface area contributed by atoms with Crippen molar-refractivity contribution in [3.8, 4) is 0 Å². The van der Waals surface area contributed by atoms with E-state index in [-0.39, 0.29) is 5.41 Å². The number of fused-ring (bicyclic) bond motifs is 1. The van der Waals surface area contributed by atoms with Gasteiger partial charge in [0.15, 0.2) is 5.65 Å². The summed E-state index contributed by atoms with van der Waals surface area (Å²) < 4.78 is 1.98. The Hall–Kier alpha value is -2.30. The minimum atomic E-state index is -0.338. The second-order valence-corrected chi connectivity index (χ2v) is 4.69. The van der Waals surface area contributed by atoms with E-state index < -0.39 is 0 Å². The SMILES string of the molecule is CC(C)(c1cccnn1)c1nnc2ccccn12. The van der Waals surface area contributed by atoms with Gasteiger partial charge in [-0.25, -0.2) is 0 Å². The molecule has 0 N–H and O–H groups in total. The van der Waals surface area contributed by atoms with Gasteiger partial charge in [-0.1, -0.05) is 6.07 Å². The maximum atomic E-state index is 4.29. The van der Waals surface area contributed by atoms with Gasteiger partial charge >= 0.3 is 0 Å². The van der Waals surface area contributed by atoms with E-state index in [1.165, 1.54) is 0 Å². The highest BCUT2D eigenvalue weighted by atomic mass is 15.3. The van der Waals surface area contributed by atoms with Crippen LogP contribution in [0.15, 0.2) is 42.7 Å². The van der Waals surface area contributed by atoms with Gasteiger partial charge in [0.25, 0.3) is 0 Å². The highest BCUT2D eigenvalue weighted by Crippen LogP contribution is 2.28. The molecule has 3 aromatic heterocycles. The maximum absolute atomic E-state index is 4.29. The van der Waals surface area contributed by atoms with Crippen LogP contribution in [0.4, 0.5) is 0 Å². The Kier molecular flexibility index (Phi) is 2.33. The molecule has 3 heterocycles.